The summed E-state index contributed by atoms with van der Waals surface area (Å²) >= 11 is 0. The fraction of sp³-hybridized carbons (Fsp3) is 0.0833. The van der Waals surface area contributed by atoms with E-state index in [0.717, 1.165) is 11.6 Å². The van der Waals surface area contributed by atoms with E-state index in [1.165, 1.54) is 12.3 Å². The molecule has 0 atom stereocenters. The van der Waals surface area contributed by atoms with Gasteiger partial charge in [0.2, 0.25) is 5.88 Å². The molecule has 2 aromatic rings. The Labute approximate surface area is 113 Å². The third kappa shape index (κ3) is 3.08. The predicted octanol–water partition coefficient (Wildman–Crippen LogP) is 2.98. The molecule has 106 valence electrons. The van der Waals surface area contributed by atoms with Gasteiger partial charge in [0.1, 0.15) is 0 Å². The van der Waals surface area contributed by atoms with Crippen molar-refractivity contribution in [3.63, 3.8) is 0 Å². The topological polar surface area (TPSA) is 56.3 Å². The summed E-state index contributed by atoms with van der Waals surface area (Å²) in [5.41, 5.74) is -4.06. The molecule has 4 nitrogen and oxygen atoms in total. The largest absolute Gasteiger partial charge is 0.534 e. The molecule has 1 aromatic carbocycles. The van der Waals surface area contributed by atoms with Gasteiger partial charge in [0.15, 0.2) is 0 Å². The van der Waals surface area contributed by atoms with Crippen molar-refractivity contribution in [3.8, 4) is 17.0 Å². The average Bonchev–Trinajstić information content (AvgIpc) is 2.39. The molecule has 2 rings (SSSR count). The first-order valence-electron chi connectivity index (χ1n) is 5.32. The quantitative estimate of drug-likeness (QED) is 0.646. The van der Waals surface area contributed by atoms with Crippen LogP contribution >= 0.6 is 0 Å². The lowest BCUT2D eigenvalue weighted by Crippen LogP contribution is -2.28. The number of pyridine rings is 1. The Kier molecular flexibility index (Phi) is 3.67. The minimum atomic E-state index is -5.69. The number of benzene rings is 1. The second kappa shape index (κ2) is 5.12. The standard InChI is InChI=1S/C12H8F3NO3S/c13-12(14,15)20(17,18)19-11-7-6-10(8-16-11)9-4-2-1-3-5-9/h1-8H. The number of rotatable bonds is 3. The van der Waals surface area contributed by atoms with Crippen molar-refractivity contribution in [1.82, 2.24) is 4.98 Å². The normalized spacial score (nSPS) is 12.2. The van der Waals surface area contributed by atoms with Crippen LogP contribution in [0.1, 0.15) is 0 Å². The van der Waals surface area contributed by atoms with Gasteiger partial charge in [-0.1, -0.05) is 30.3 Å². The smallest absolute Gasteiger partial charge is 0.355 e. The van der Waals surface area contributed by atoms with E-state index in [1.807, 2.05) is 6.07 Å². The lowest BCUT2D eigenvalue weighted by molar-refractivity contribution is -0.0501. The molecule has 0 bridgehead atoms. The van der Waals surface area contributed by atoms with Crippen LogP contribution in [-0.4, -0.2) is 18.9 Å². The van der Waals surface area contributed by atoms with E-state index in [9.17, 15) is 21.6 Å². The molecule has 0 amide bonds. The third-order valence-electron chi connectivity index (χ3n) is 2.32. The number of nitrogens with zero attached hydrogens (tertiary/aromatic N) is 1. The fourth-order valence-corrected chi connectivity index (χ4v) is 1.81. The number of alkyl halides is 3. The van der Waals surface area contributed by atoms with Crippen molar-refractivity contribution in [3.05, 3.63) is 48.7 Å². The van der Waals surface area contributed by atoms with Gasteiger partial charge < -0.3 is 4.18 Å². The van der Waals surface area contributed by atoms with Gasteiger partial charge in [0, 0.05) is 17.8 Å². The highest BCUT2D eigenvalue weighted by Gasteiger charge is 2.48. The highest BCUT2D eigenvalue weighted by Crippen LogP contribution is 2.27. The maximum absolute atomic E-state index is 12.1. The highest BCUT2D eigenvalue weighted by molar-refractivity contribution is 7.87. The van der Waals surface area contributed by atoms with Gasteiger partial charge in [-0.25, -0.2) is 4.98 Å². The van der Waals surface area contributed by atoms with Crippen LogP contribution in [0.4, 0.5) is 13.2 Å². The van der Waals surface area contributed by atoms with E-state index in [2.05, 4.69) is 9.17 Å². The van der Waals surface area contributed by atoms with Crippen LogP contribution in [0.2, 0.25) is 0 Å². The maximum Gasteiger partial charge on any atom is 0.534 e. The summed E-state index contributed by atoms with van der Waals surface area (Å²) in [5, 5.41) is 0. The first-order valence-corrected chi connectivity index (χ1v) is 6.73. The molecule has 0 aliphatic heterocycles. The lowest BCUT2D eigenvalue weighted by Gasteiger charge is -2.08. The molecule has 0 saturated carbocycles. The van der Waals surface area contributed by atoms with Gasteiger partial charge in [-0.15, -0.1) is 0 Å². The summed E-state index contributed by atoms with van der Waals surface area (Å²) in [6, 6.07) is 11.4. The Morgan fingerprint density at radius 1 is 0.950 bits per heavy atom. The molecule has 0 aliphatic carbocycles. The van der Waals surface area contributed by atoms with Crippen molar-refractivity contribution in [1.29, 1.82) is 0 Å². The summed E-state index contributed by atoms with van der Waals surface area (Å²) in [4.78, 5) is 3.55. The maximum atomic E-state index is 12.1. The molecule has 1 aromatic heterocycles. The molecule has 0 radical (unpaired) electrons. The van der Waals surface area contributed by atoms with Crippen molar-refractivity contribution < 1.29 is 25.8 Å². The molecule has 0 fully saturated rings. The van der Waals surface area contributed by atoms with Gasteiger partial charge in [0.25, 0.3) is 0 Å². The molecule has 0 unspecified atom stereocenters. The number of aromatic nitrogens is 1. The SMILES string of the molecule is O=S(=O)(Oc1ccc(-c2ccccc2)cn1)C(F)(F)F. The minimum Gasteiger partial charge on any atom is -0.355 e. The van der Waals surface area contributed by atoms with Crippen LogP contribution in [0.15, 0.2) is 48.7 Å². The Morgan fingerprint density at radius 3 is 2.10 bits per heavy atom. The molecule has 20 heavy (non-hydrogen) atoms. The van der Waals surface area contributed by atoms with Crippen LogP contribution in [0, 0.1) is 0 Å². The molecule has 0 saturated heterocycles. The lowest BCUT2D eigenvalue weighted by atomic mass is 10.1. The molecule has 0 aliphatic rings. The first-order chi connectivity index (χ1) is 9.29. The third-order valence-corrected chi connectivity index (χ3v) is 3.28. The summed E-state index contributed by atoms with van der Waals surface area (Å²) in [7, 11) is -5.69. The zero-order valence-electron chi connectivity index (χ0n) is 9.83. The van der Waals surface area contributed by atoms with Crippen molar-refractivity contribution in [2.75, 3.05) is 0 Å². The molecule has 0 N–H and O–H groups in total. The predicted molar refractivity (Wildman–Crippen MR) is 65.3 cm³/mol. The minimum absolute atomic E-state index is 0.627. The highest BCUT2D eigenvalue weighted by atomic mass is 32.2. The van der Waals surface area contributed by atoms with Gasteiger partial charge >= 0.3 is 15.6 Å². The van der Waals surface area contributed by atoms with Crippen LogP contribution in [0.5, 0.6) is 5.88 Å². The molecule has 1 heterocycles. The number of halogens is 3. The van der Waals surface area contributed by atoms with Crippen molar-refractivity contribution in [2.24, 2.45) is 0 Å². The van der Waals surface area contributed by atoms with E-state index in [4.69, 9.17) is 0 Å². The van der Waals surface area contributed by atoms with Gasteiger partial charge in [-0.05, 0) is 11.6 Å². The van der Waals surface area contributed by atoms with Gasteiger partial charge in [-0.2, -0.15) is 21.6 Å². The Bertz CT molecular complexity index is 682. The summed E-state index contributed by atoms with van der Waals surface area (Å²) in [5.74, 6) is -0.637. The van der Waals surface area contributed by atoms with Crippen LogP contribution in [0.3, 0.4) is 0 Å². The first kappa shape index (κ1) is 14.3. The van der Waals surface area contributed by atoms with Crippen LogP contribution in [-0.2, 0) is 10.1 Å². The Balaban J connectivity index is 2.22. The monoisotopic (exact) mass is 303 g/mol. The summed E-state index contributed by atoms with van der Waals surface area (Å²) in [6.07, 6.45) is 1.23. The summed E-state index contributed by atoms with van der Waals surface area (Å²) in [6.45, 7) is 0. The average molecular weight is 303 g/mol. The van der Waals surface area contributed by atoms with E-state index in [1.54, 1.807) is 24.3 Å². The molecular weight excluding hydrogens is 295 g/mol. The molecular formula is C12H8F3NO3S. The second-order valence-electron chi connectivity index (χ2n) is 3.73. The van der Waals surface area contributed by atoms with Crippen molar-refractivity contribution in [2.45, 2.75) is 5.51 Å². The van der Waals surface area contributed by atoms with Crippen LogP contribution in [0.25, 0.3) is 11.1 Å². The Morgan fingerprint density at radius 2 is 1.60 bits per heavy atom. The van der Waals surface area contributed by atoms with E-state index in [-0.39, 0.29) is 0 Å². The molecule has 0 spiro atoms. The number of hydrogen-bond donors (Lipinski definition) is 0. The van der Waals surface area contributed by atoms with Gasteiger partial charge in [-0.3, -0.25) is 0 Å². The molecule has 8 heteroatoms. The zero-order chi connectivity index (χ0) is 14.8. The number of hydrogen-bond acceptors (Lipinski definition) is 4. The Hall–Kier alpha value is -2.09. The van der Waals surface area contributed by atoms with E-state index >= 15 is 0 Å². The second-order valence-corrected chi connectivity index (χ2v) is 5.27. The van der Waals surface area contributed by atoms with Crippen LogP contribution < -0.4 is 4.18 Å². The zero-order valence-corrected chi connectivity index (χ0v) is 10.6. The summed E-state index contributed by atoms with van der Waals surface area (Å²) < 4.78 is 61.8. The van der Waals surface area contributed by atoms with E-state index < -0.39 is 21.5 Å². The van der Waals surface area contributed by atoms with Crippen molar-refractivity contribution >= 4 is 10.1 Å². The van der Waals surface area contributed by atoms with Gasteiger partial charge in [0.05, 0.1) is 0 Å². The fourth-order valence-electron chi connectivity index (χ4n) is 1.39. The van der Waals surface area contributed by atoms with E-state index in [0.29, 0.717) is 5.56 Å².